The van der Waals surface area contributed by atoms with E-state index in [0.717, 1.165) is 19.4 Å². The van der Waals surface area contributed by atoms with Gasteiger partial charge in [0.05, 0.1) is 13.0 Å². The van der Waals surface area contributed by atoms with Gasteiger partial charge in [-0.05, 0) is 32.9 Å². The van der Waals surface area contributed by atoms with Crippen molar-refractivity contribution in [1.29, 1.82) is 0 Å². The lowest BCUT2D eigenvalue weighted by Crippen LogP contribution is -2.40. The molecule has 1 aliphatic heterocycles. The third-order valence-corrected chi connectivity index (χ3v) is 2.79. The number of ether oxygens (including phenoxy) is 1. The molecule has 0 aromatic heterocycles. The van der Waals surface area contributed by atoms with Gasteiger partial charge in [0.25, 0.3) is 0 Å². The van der Waals surface area contributed by atoms with Crippen LogP contribution in [0, 0.1) is 5.92 Å². The van der Waals surface area contributed by atoms with Gasteiger partial charge in [0.2, 0.25) is 0 Å². The van der Waals surface area contributed by atoms with Crippen LogP contribution in [0.4, 0.5) is 0 Å². The van der Waals surface area contributed by atoms with Crippen LogP contribution in [0.1, 0.15) is 19.3 Å². The van der Waals surface area contributed by atoms with Crippen molar-refractivity contribution in [2.45, 2.75) is 25.3 Å². The smallest absolute Gasteiger partial charge is 0.304 e. The molecule has 1 aliphatic rings. The molecule has 2 unspecified atom stereocenters. The van der Waals surface area contributed by atoms with E-state index in [4.69, 9.17) is 9.84 Å². The number of hydrogen-bond donors (Lipinski definition) is 1. The minimum absolute atomic E-state index is 0.104. The van der Waals surface area contributed by atoms with E-state index < -0.39 is 5.97 Å². The fraction of sp³-hybridized carbons (Fsp3) is 0.900. The van der Waals surface area contributed by atoms with Crippen LogP contribution in [0.3, 0.4) is 0 Å². The Morgan fingerprint density at radius 1 is 1.64 bits per heavy atom. The first-order valence-electron chi connectivity index (χ1n) is 5.07. The molecule has 14 heavy (non-hydrogen) atoms. The molecular weight excluding hydrogens is 182 g/mol. The number of carboxylic acid groups (broad SMARTS) is 1. The molecule has 0 saturated carbocycles. The average molecular weight is 201 g/mol. The van der Waals surface area contributed by atoms with E-state index in [1.54, 1.807) is 0 Å². The van der Waals surface area contributed by atoms with Crippen molar-refractivity contribution in [1.82, 2.24) is 4.90 Å². The lowest BCUT2D eigenvalue weighted by atomic mass is 9.91. The summed E-state index contributed by atoms with van der Waals surface area (Å²) in [6.07, 6.45) is 2.34. The second-order valence-corrected chi connectivity index (χ2v) is 4.11. The van der Waals surface area contributed by atoms with E-state index in [1.807, 2.05) is 19.0 Å². The number of carbonyl (C=O) groups is 1. The fourth-order valence-corrected chi connectivity index (χ4v) is 2.02. The Kier molecular flexibility index (Phi) is 4.35. The van der Waals surface area contributed by atoms with Crippen molar-refractivity contribution >= 4 is 5.97 Å². The van der Waals surface area contributed by atoms with Gasteiger partial charge in [-0.25, -0.2) is 0 Å². The summed E-state index contributed by atoms with van der Waals surface area (Å²) in [6, 6.07) is 0.104. The summed E-state index contributed by atoms with van der Waals surface area (Å²) in [5.74, 6) is -0.357. The molecule has 0 aromatic carbocycles. The zero-order valence-electron chi connectivity index (χ0n) is 8.90. The van der Waals surface area contributed by atoms with Crippen molar-refractivity contribution in [2.75, 3.05) is 27.3 Å². The van der Waals surface area contributed by atoms with Crippen LogP contribution in [0.15, 0.2) is 0 Å². The molecule has 0 spiro atoms. The van der Waals surface area contributed by atoms with E-state index >= 15 is 0 Å². The summed E-state index contributed by atoms with van der Waals surface area (Å²) in [7, 11) is 3.87. The molecule has 1 fully saturated rings. The Balaban J connectivity index is 2.51. The van der Waals surface area contributed by atoms with Gasteiger partial charge in [0.1, 0.15) is 0 Å². The van der Waals surface area contributed by atoms with E-state index in [-0.39, 0.29) is 12.5 Å². The first kappa shape index (κ1) is 11.5. The van der Waals surface area contributed by atoms with Crippen LogP contribution >= 0.6 is 0 Å². The molecule has 1 heterocycles. The summed E-state index contributed by atoms with van der Waals surface area (Å²) in [6.45, 7) is 1.53. The molecule has 1 rings (SSSR count). The first-order valence-corrected chi connectivity index (χ1v) is 5.07. The van der Waals surface area contributed by atoms with Gasteiger partial charge >= 0.3 is 5.97 Å². The molecule has 1 saturated heterocycles. The molecule has 82 valence electrons. The third kappa shape index (κ3) is 3.27. The number of carboxylic acids is 1. The Bertz CT molecular complexity index is 188. The third-order valence-electron chi connectivity index (χ3n) is 2.79. The highest BCUT2D eigenvalue weighted by atomic mass is 16.5. The molecule has 0 aromatic rings. The van der Waals surface area contributed by atoms with Crippen molar-refractivity contribution in [3.8, 4) is 0 Å². The molecule has 4 heteroatoms. The minimum Gasteiger partial charge on any atom is -0.481 e. The quantitative estimate of drug-likeness (QED) is 0.731. The Morgan fingerprint density at radius 2 is 2.36 bits per heavy atom. The summed E-state index contributed by atoms with van der Waals surface area (Å²) >= 11 is 0. The highest BCUT2D eigenvalue weighted by Crippen LogP contribution is 2.22. The predicted molar refractivity (Wildman–Crippen MR) is 53.3 cm³/mol. The second-order valence-electron chi connectivity index (χ2n) is 4.11. The van der Waals surface area contributed by atoms with E-state index in [9.17, 15) is 4.79 Å². The molecule has 0 aliphatic carbocycles. The van der Waals surface area contributed by atoms with Crippen LogP contribution in [-0.2, 0) is 9.53 Å². The monoisotopic (exact) mass is 201 g/mol. The Morgan fingerprint density at radius 3 is 2.79 bits per heavy atom. The van der Waals surface area contributed by atoms with Crippen molar-refractivity contribution in [3.05, 3.63) is 0 Å². The number of aliphatic carboxylic acids is 1. The van der Waals surface area contributed by atoms with Crippen LogP contribution in [0.25, 0.3) is 0 Å². The van der Waals surface area contributed by atoms with Gasteiger partial charge in [-0.15, -0.1) is 0 Å². The summed E-state index contributed by atoms with van der Waals surface area (Å²) in [5, 5.41) is 8.80. The maximum Gasteiger partial charge on any atom is 0.304 e. The van der Waals surface area contributed by atoms with Crippen molar-refractivity contribution < 1.29 is 14.6 Å². The van der Waals surface area contributed by atoms with Crippen LogP contribution in [0.2, 0.25) is 0 Å². The van der Waals surface area contributed by atoms with Gasteiger partial charge in [-0.3, -0.25) is 4.79 Å². The maximum atomic E-state index is 10.7. The zero-order chi connectivity index (χ0) is 10.6. The van der Waals surface area contributed by atoms with E-state index in [1.165, 1.54) is 0 Å². The van der Waals surface area contributed by atoms with E-state index in [0.29, 0.717) is 12.5 Å². The molecular formula is C10H19NO3. The van der Waals surface area contributed by atoms with Crippen molar-refractivity contribution in [2.24, 2.45) is 5.92 Å². The first-order chi connectivity index (χ1) is 6.61. The molecule has 2 atom stereocenters. The predicted octanol–water partition coefficient (Wildman–Crippen LogP) is 0.818. The maximum absolute atomic E-state index is 10.7. The molecule has 0 amide bonds. The number of rotatable bonds is 4. The second kappa shape index (κ2) is 5.32. The minimum atomic E-state index is -0.728. The summed E-state index contributed by atoms with van der Waals surface area (Å²) < 4.78 is 5.38. The highest BCUT2D eigenvalue weighted by molar-refractivity contribution is 5.67. The highest BCUT2D eigenvalue weighted by Gasteiger charge is 2.27. The lowest BCUT2D eigenvalue weighted by molar-refractivity contribution is -0.139. The normalized spacial score (nSPS) is 24.9. The van der Waals surface area contributed by atoms with Crippen LogP contribution in [0.5, 0.6) is 0 Å². The largest absolute Gasteiger partial charge is 0.481 e. The molecule has 0 radical (unpaired) electrons. The Hall–Kier alpha value is -0.610. The number of hydrogen-bond acceptors (Lipinski definition) is 3. The van der Waals surface area contributed by atoms with Gasteiger partial charge in [-0.1, -0.05) is 0 Å². The average Bonchev–Trinajstić information content (AvgIpc) is 2.15. The SMILES string of the molecule is CN(C)C(CC(=O)O)C1CCCOC1. The topological polar surface area (TPSA) is 49.8 Å². The zero-order valence-corrected chi connectivity index (χ0v) is 8.90. The van der Waals surface area contributed by atoms with Crippen LogP contribution in [-0.4, -0.2) is 49.3 Å². The van der Waals surface area contributed by atoms with Gasteiger partial charge in [0.15, 0.2) is 0 Å². The van der Waals surface area contributed by atoms with Crippen LogP contribution < -0.4 is 0 Å². The number of nitrogens with zero attached hydrogens (tertiary/aromatic N) is 1. The fourth-order valence-electron chi connectivity index (χ4n) is 2.02. The van der Waals surface area contributed by atoms with Gasteiger partial charge < -0.3 is 14.7 Å². The van der Waals surface area contributed by atoms with Gasteiger partial charge in [-0.2, -0.15) is 0 Å². The molecule has 0 bridgehead atoms. The van der Waals surface area contributed by atoms with Crippen molar-refractivity contribution in [3.63, 3.8) is 0 Å². The summed E-state index contributed by atoms with van der Waals surface area (Å²) in [5.41, 5.74) is 0. The molecule has 4 nitrogen and oxygen atoms in total. The standard InChI is InChI=1S/C10H19NO3/c1-11(2)9(6-10(12)13)8-4-3-5-14-7-8/h8-9H,3-7H2,1-2H3,(H,12,13). The lowest BCUT2D eigenvalue weighted by Gasteiger charge is -2.33. The van der Waals surface area contributed by atoms with Gasteiger partial charge in [0, 0.05) is 12.6 Å². The summed E-state index contributed by atoms with van der Waals surface area (Å²) in [4.78, 5) is 12.7. The Labute approximate surface area is 84.8 Å². The van der Waals surface area contributed by atoms with E-state index in [2.05, 4.69) is 0 Å². The molecule has 1 N–H and O–H groups in total.